The highest BCUT2D eigenvalue weighted by atomic mass is 35.5. The average Bonchev–Trinajstić information content (AvgIpc) is 2.84. The number of aliphatic carboxylic acids is 1. The maximum Gasteiger partial charge on any atom is 0.303 e. The number of hydrogen-bond acceptors (Lipinski definition) is 5. The second-order valence-electron chi connectivity index (χ2n) is 7.92. The number of carboxylic acids is 1. The number of nitrogens with one attached hydrogen (secondary N) is 1. The molecular formula is C25H28ClFN4O3. The molecule has 1 aromatic heterocycles. The topological polar surface area (TPSA) is 109 Å². The summed E-state index contributed by atoms with van der Waals surface area (Å²) in [5.74, 6) is -1.07. The first-order valence-electron chi connectivity index (χ1n) is 11.1. The van der Waals surface area contributed by atoms with Crippen LogP contribution in [0.25, 0.3) is 22.2 Å². The molecule has 7 nitrogen and oxygen atoms in total. The van der Waals surface area contributed by atoms with Crippen LogP contribution < -0.4 is 11.1 Å². The Morgan fingerprint density at radius 3 is 2.53 bits per heavy atom. The summed E-state index contributed by atoms with van der Waals surface area (Å²) >= 11 is 6.46. The van der Waals surface area contributed by atoms with Gasteiger partial charge in [0.1, 0.15) is 5.82 Å². The number of pyridine rings is 1. The van der Waals surface area contributed by atoms with Crippen LogP contribution in [0.4, 0.5) is 4.39 Å². The Hall–Kier alpha value is -3.07. The number of rotatable bonds is 5. The molecule has 0 unspecified atom stereocenters. The lowest BCUT2D eigenvalue weighted by molar-refractivity contribution is -0.137. The normalized spacial score (nSPS) is 13.4. The Kier molecular flexibility index (Phi) is 8.92. The molecular weight excluding hydrogens is 459 g/mol. The molecule has 34 heavy (non-hydrogen) atoms. The zero-order valence-electron chi connectivity index (χ0n) is 19.0. The van der Waals surface area contributed by atoms with Crippen LogP contribution in [0.15, 0.2) is 42.5 Å². The monoisotopic (exact) mass is 486 g/mol. The molecule has 2 aromatic carbocycles. The highest BCUT2D eigenvalue weighted by molar-refractivity contribution is 6.35. The van der Waals surface area contributed by atoms with Gasteiger partial charge in [-0.25, -0.2) is 9.37 Å². The number of fused-ring (bicyclic) bond motifs is 1. The van der Waals surface area contributed by atoms with Gasteiger partial charge in [0.15, 0.2) is 0 Å². The average molecular weight is 487 g/mol. The molecule has 0 saturated carbocycles. The van der Waals surface area contributed by atoms with E-state index in [4.69, 9.17) is 22.4 Å². The Bertz CT molecular complexity index is 1180. The van der Waals surface area contributed by atoms with E-state index in [1.54, 1.807) is 30.3 Å². The molecule has 0 spiro atoms. The number of hydrogen-bond donors (Lipinski definition) is 3. The number of carbonyl (C=O) groups is 2. The number of aromatic nitrogens is 1. The van der Waals surface area contributed by atoms with E-state index in [9.17, 15) is 14.0 Å². The van der Waals surface area contributed by atoms with Crippen LogP contribution in [0, 0.1) is 5.82 Å². The molecule has 0 radical (unpaired) electrons. The molecule has 4 rings (SSSR count). The molecule has 9 heteroatoms. The summed E-state index contributed by atoms with van der Waals surface area (Å²) in [6.07, 6.45) is 1.02. The summed E-state index contributed by atoms with van der Waals surface area (Å²) in [5.41, 5.74) is 8.57. The summed E-state index contributed by atoms with van der Waals surface area (Å²) in [4.78, 5) is 28.9. The summed E-state index contributed by atoms with van der Waals surface area (Å²) in [6, 6.07) is 11.8. The molecule has 4 N–H and O–H groups in total. The fourth-order valence-corrected chi connectivity index (χ4v) is 3.88. The number of nitrogens with two attached hydrogens (primary N) is 1. The Morgan fingerprint density at radius 2 is 1.91 bits per heavy atom. The van der Waals surface area contributed by atoms with Gasteiger partial charge in [-0.15, -0.1) is 0 Å². The second-order valence-corrected chi connectivity index (χ2v) is 8.32. The van der Waals surface area contributed by atoms with Gasteiger partial charge in [0.25, 0.3) is 5.91 Å². The predicted octanol–water partition coefficient (Wildman–Crippen LogP) is 4.07. The SMILES string of the molecule is CCCC(=O)O.NCc1cc(-c2cc(Cl)c3ccc(C(=O)N4CCNCC4)cc3n2)ccc1F. The van der Waals surface area contributed by atoms with Crippen LogP contribution in [-0.2, 0) is 11.3 Å². The number of carboxylic acid groups (broad SMARTS) is 1. The largest absolute Gasteiger partial charge is 0.481 e. The summed E-state index contributed by atoms with van der Waals surface area (Å²) < 4.78 is 13.8. The Balaban J connectivity index is 0.000000481. The summed E-state index contributed by atoms with van der Waals surface area (Å²) in [7, 11) is 0. The molecule has 0 aliphatic carbocycles. The van der Waals surface area contributed by atoms with Crippen molar-refractivity contribution in [2.45, 2.75) is 26.3 Å². The van der Waals surface area contributed by atoms with Crippen LogP contribution in [0.2, 0.25) is 5.02 Å². The highest BCUT2D eigenvalue weighted by Crippen LogP contribution is 2.30. The van der Waals surface area contributed by atoms with Crippen LogP contribution in [0.1, 0.15) is 35.7 Å². The fraction of sp³-hybridized carbons (Fsp3) is 0.320. The number of piperazine rings is 1. The fourth-order valence-electron chi connectivity index (χ4n) is 3.62. The number of carbonyl (C=O) groups excluding carboxylic acids is 1. The predicted molar refractivity (Wildman–Crippen MR) is 131 cm³/mol. The Labute approximate surface area is 202 Å². The third-order valence-corrected chi connectivity index (χ3v) is 5.75. The number of nitrogens with zero attached hydrogens (tertiary/aromatic N) is 2. The molecule has 1 saturated heterocycles. The number of amides is 1. The Morgan fingerprint density at radius 1 is 1.18 bits per heavy atom. The van der Waals surface area contributed by atoms with Crippen LogP contribution in [0.3, 0.4) is 0 Å². The van der Waals surface area contributed by atoms with Gasteiger partial charge in [-0.1, -0.05) is 24.6 Å². The number of halogens is 2. The lowest BCUT2D eigenvalue weighted by Gasteiger charge is -2.27. The first kappa shape index (κ1) is 25.6. The van der Waals surface area contributed by atoms with Crippen molar-refractivity contribution in [1.82, 2.24) is 15.2 Å². The van der Waals surface area contributed by atoms with Crippen molar-refractivity contribution in [3.63, 3.8) is 0 Å². The molecule has 3 aromatic rings. The smallest absolute Gasteiger partial charge is 0.303 e. The van der Waals surface area contributed by atoms with E-state index >= 15 is 0 Å². The van der Waals surface area contributed by atoms with E-state index < -0.39 is 5.97 Å². The lowest BCUT2D eigenvalue weighted by atomic mass is 10.0. The molecule has 1 aliphatic heterocycles. The quantitative estimate of drug-likeness (QED) is 0.501. The van der Waals surface area contributed by atoms with Crippen molar-refractivity contribution in [3.05, 3.63) is 64.4 Å². The van der Waals surface area contributed by atoms with Gasteiger partial charge >= 0.3 is 5.97 Å². The van der Waals surface area contributed by atoms with Gasteiger partial charge in [-0.2, -0.15) is 0 Å². The maximum absolute atomic E-state index is 13.8. The van der Waals surface area contributed by atoms with E-state index in [1.807, 2.05) is 17.9 Å². The molecule has 0 atom stereocenters. The molecule has 1 aliphatic rings. The minimum atomic E-state index is -0.711. The second kappa shape index (κ2) is 11.9. The lowest BCUT2D eigenvalue weighted by Crippen LogP contribution is -2.46. The van der Waals surface area contributed by atoms with Crippen molar-refractivity contribution < 1.29 is 19.1 Å². The summed E-state index contributed by atoms with van der Waals surface area (Å²) in [6.45, 7) is 4.90. The van der Waals surface area contributed by atoms with Crippen molar-refractivity contribution in [2.24, 2.45) is 5.73 Å². The highest BCUT2D eigenvalue weighted by Gasteiger charge is 2.19. The zero-order valence-corrected chi connectivity index (χ0v) is 19.7. The van der Waals surface area contributed by atoms with Gasteiger partial charge < -0.3 is 21.1 Å². The first-order chi connectivity index (χ1) is 16.3. The molecule has 0 bridgehead atoms. The first-order valence-corrected chi connectivity index (χ1v) is 11.5. The minimum absolute atomic E-state index is 0.0149. The van der Waals surface area contributed by atoms with E-state index in [2.05, 4.69) is 10.3 Å². The third-order valence-electron chi connectivity index (χ3n) is 5.44. The number of benzene rings is 2. The van der Waals surface area contributed by atoms with E-state index in [0.29, 0.717) is 46.9 Å². The van der Waals surface area contributed by atoms with Crippen molar-refractivity contribution in [2.75, 3.05) is 26.2 Å². The molecule has 180 valence electrons. The van der Waals surface area contributed by atoms with Crippen molar-refractivity contribution in [1.29, 1.82) is 0 Å². The van der Waals surface area contributed by atoms with E-state index in [0.717, 1.165) is 30.5 Å². The summed E-state index contributed by atoms with van der Waals surface area (Å²) in [5, 5.41) is 12.4. The maximum atomic E-state index is 13.8. The van der Waals surface area contributed by atoms with Gasteiger partial charge in [0.05, 0.1) is 16.2 Å². The minimum Gasteiger partial charge on any atom is -0.481 e. The van der Waals surface area contributed by atoms with Gasteiger partial charge in [-0.05, 0) is 42.8 Å². The van der Waals surface area contributed by atoms with Crippen LogP contribution in [-0.4, -0.2) is 53.0 Å². The van der Waals surface area contributed by atoms with E-state index in [1.165, 1.54) is 6.07 Å². The molecule has 2 heterocycles. The standard InChI is InChI=1S/C21H20ClFN4O.C4H8O2/c22-17-11-19(13-2-4-18(23)15(9-13)12-24)26-20-10-14(1-3-16(17)20)21(28)27-7-5-25-6-8-27;1-2-3-4(5)6/h1-4,9-11,25H,5-8,12,24H2;2-3H2,1H3,(H,5,6). The third kappa shape index (κ3) is 6.28. The van der Waals surface area contributed by atoms with Crippen molar-refractivity contribution in [3.8, 4) is 11.3 Å². The molecule has 1 fully saturated rings. The van der Waals surface area contributed by atoms with Gasteiger partial charge in [0.2, 0.25) is 0 Å². The van der Waals surface area contributed by atoms with E-state index in [-0.39, 0.29) is 18.3 Å². The van der Waals surface area contributed by atoms with Crippen LogP contribution in [0.5, 0.6) is 0 Å². The zero-order chi connectivity index (χ0) is 24.7. The van der Waals surface area contributed by atoms with Gasteiger partial charge in [-0.3, -0.25) is 9.59 Å². The van der Waals surface area contributed by atoms with Gasteiger partial charge in [0, 0.05) is 61.2 Å². The molecule has 1 amide bonds. The van der Waals surface area contributed by atoms with Crippen molar-refractivity contribution >= 4 is 34.4 Å². The van der Waals surface area contributed by atoms with Crippen LogP contribution >= 0.6 is 11.6 Å².